The van der Waals surface area contributed by atoms with Crippen LogP contribution in [-0.2, 0) is 0 Å². The molecule has 1 heterocycles. The largest absolute Gasteiger partial charge is 0.371 e. The van der Waals surface area contributed by atoms with E-state index >= 15 is 0 Å². The maximum atomic E-state index is 6.71. The quantitative estimate of drug-likeness (QED) is 0.616. The molecule has 0 amide bonds. The minimum Gasteiger partial charge on any atom is -0.371 e. The SMILES string of the molecule is [C-]#[N+]c1cc(-c2ccccc2)no1. The van der Waals surface area contributed by atoms with E-state index in [1.54, 1.807) is 6.07 Å². The van der Waals surface area contributed by atoms with Gasteiger partial charge in [-0.2, -0.15) is 4.85 Å². The molecule has 2 rings (SSSR count). The molecule has 3 nitrogen and oxygen atoms in total. The predicted octanol–water partition coefficient (Wildman–Crippen LogP) is 2.89. The maximum absolute atomic E-state index is 6.71. The van der Waals surface area contributed by atoms with Crippen molar-refractivity contribution in [3.8, 4) is 11.3 Å². The van der Waals surface area contributed by atoms with E-state index < -0.39 is 0 Å². The lowest BCUT2D eigenvalue weighted by atomic mass is 10.2. The second-order valence-electron chi connectivity index (χ2n) is 2.53. The van der Waals surface area contributed by atoms with Crippen LogP contribution in [0.3, 0.4) is 0 Å². The normalized spacial score (nSPS) is 9.46. The number of hydrogen-bond acceptors (Lipinski definition) is 2. The summed E-state index contributed by atoms with van der Waals surface area (Å²) in [5.74, 6) is 0.221. The van der Waals surface area contributed by atoms with Crippen molar-refractivity contribution in [1.29, 1.82) is 0 Å². The van der Waals surface area contributed by atoms with Crippen molar-refractivity contribution in [2.45, 2.75) is 0 Å². The summed E-state index contributed by atoms with van der Waals surface area (Å²) in [6.45, 7) is 6.71. The Hall–Kier alpha value is -2.08. The summed E-state index contributed by atoms with van der Waals surface area (Å²) in [5, 5.41) is 3.77. The molecule has 0 spiro atoms. The van der Waals surface area contributed by atoms with Crippen LogP contribution in [0.1, 0.15) is 0 Å². The summed E-state index contributed by atoms with van der Waals surface area (Å²) in [4.78, 5) is 3.14. The van der Waals surface area contributed by atoms with Crippen molar-refractivity contribution in [3.05, 3.63) is 47.8 Å². The van der Waals surface area contributed by atoms with Crippen LogP contribution in [0.5, 0.6) is 0 Å². The van der Waals surface area contributed by atoms with Gasteiger partial charge in [-0.3, -0.25) is 0 Å². The van der Waals surface area contributed by atoms with Gasteiger partial charge < -0.3 is 4.52 Å². The third-order valence-corrected chi connectivity index (χ3v) is 1.68. The molecular formula is C10H6N2O. The zero-order valence-corrected chi connectivity index (χ0v) is 6.77. The average Bonchev–Trinajstić information content (AvgIpc) is 2.67. The molecule has 0 saturated carbocycles. The van der Waals surface area contributed by atoms with Crippen molar-refractivity contribution in [1.82, 2.24) is 5.16 Å². The Morgan fingerprint density at radius 1 is 1.23 bits per heavy atom. The first kappa shape index (κ1) is 7.56. The van der Waals surface area contributed by atoms with Crippen LogP contribution in [0.2, 0.25) is 0 Å². The fourth-order valence-electron chi connectivity index (χ4n) is 1.06. The van der Waals surface area contributed by atoms with Crippen LogP contribution in [0.25, 0.3) is 16.1 Å². The highest BCUT2D eigenvalue weighted by atomic mass is 16.5. The van der Waals surface area contributed by atoms with Crippen molar-refractivity contribution in [3.63, 3.8) is 0 Å². The highest BCUT2D eigenvalue weighted by Crippen LogP contribution is 2.22. The Bertz CT molecular complexity index is 439. The maximum Gasteiger partial charge on any atom is 0.368 e. The molecule has 1 aromatic heterocycles. The molecule has 0 aliphatic heterocycles. The molecule has 0 radical (unpaired) electrons. The molecular weight excluding hydrogens is 164 g/mol. The molecule has 0 unspecified atom stereocenters. The average molecular weight is 170 g/mol. The Morgan fingerprint density at radius 2 is 2.00 bits per heavy atom. The molecule has 0 bridgehead atoms. The Morgan fingerprint density at radius 3 is 2.62 bits per heavy atom. The second kappa shape index (κ2) is 3.11. The topological polar surface area (TPSA) is 30.4 Å². The van der Waals surface area contributed by atoms with Crippen LogP contribution in [0.15, 0.2) is 40.9 Å². The minimum atomic E-state index is 0.221. The lowest BCUT2D eigenvalue weighted by Crippen LogP contribution is -1.73. The van der Waals surface area contributed by atoms with Gasteiger partial charge in [-0.05, 0) is 0 Å². The van der Waals surface area contributed by atoms with Gasteiger partial charge >= 0.3 is 5.88 Å². The van der Waals surface area contributed by atoms with Crippen molar-refractivity contribution in [2.24, 2.45) is 0 Å². The fraction of sp³-hybridized carbons (Fsp3) is 0. The van der Waals surface area contributed by atoms with Crippen LogP contribution in [-0.4, -0.2) is 5.16 Å². The molecule has 0 aliphatic carbocycles. The summed E-state index contributed by atoms with van der Waals surface area (Å²) >= 11 is 0. The Balaban J connectivity index is 2.43. The summed E-state index contributed by atoms with van der Waals surface area (Å²) in [6, 6.07) is 11.2. The zero-order chi connectivity index (χ0) is 9.10. The van der Waals surface area contributed by atoms with E-state index in [1.807, 2.05) is 30.3 Å². The molecule has 13 heavy (non-hydrogen) atoms. The predicted molar refractivity (Wildman–Crippen MR) is 48.2 cm³/mol. The van der Waals surface area contributed by atoms with Crippen molar-refractivity contribution >= 4 is 5.88 Å². The first-order chi connectivity index (χ1) is 6.40. The molecule has 0 aliphatic rings. The van der Waals surface area contributed by atoms with E-state index in [4.69, 9.17) is 11.1 Å². The number of rotatable bonds is 1. The smallest absolute Gasteiger partial charge is 0.368 e. The van der Waals surface area contributed by atoms with Crippen LogP contribution < -0.4 is 0 Å². The fourth-order valence-corrected chi connectivity index (χ4v) is 1.06. The molecule has 0 atom stereocenters. The van der Waals surface area contributed by atoms with Gasteiger partial charge in [0.25, 0.3) is 0 Å². The zero-order valence-electron chi connectivity index (χ0n) is 6.77. The van der Waals surface area contributed by atoms with Crippen molar-refractivity contribution in [2.75, 3.05) is 0 Å². The third-order valence-electron chi connectivity index (χ3n) is 1.68. The van der Waals surface area contributed by atoms with Crippen LogP contribution in [0, 0.1) is 6.57 Å². The van der Waals surface area contributed by atoms with Crippen molar-refractivity contribution < 1.29 is 4.52 Å². The van der Waals surface area contributed by atoms with Gasteiger partial charge in [0.1, 0.15) is 5.69 Å². The van der Waals surface area contributed by atoms with Gasteiger partial charge in [0.15, 0.2) is 0 Å². The molecule has 0 fully saturated rings. The Labute approximate surface area is 75.4 Å². The van der Waals surface area contributed by atoms with Gasteiger partial charge in [-0.1, -0.05) is 35.5 Å². The van der Waals surface area contributed by atoms with Crippen LogP contribution >= 0.6 is 0 Å². The summed E-state index contributed by atoms with van der Waals surface area (Å²) in [5.41, 5.74) is 1.66. The second-order valence-corrected chi connectivity index (χ2v) is 2.53. The standard InChI is InChI=1S/C10H6N2O/c1-11-10-7-9(12-13-10)8-5-3-2-4-6-8/h2-7H. The summed E-state index contributed by atoms with van der Waals surface area (Å²) in [6.07, 6.45) is 0. The van der Waals surface area contributed by atoms with E-state index in [-0.39, 0.29) is 5.88 Å². The molecule has 3 heteroatoms. The van der Waals surface area contributed by atoms with E-state index in [0.717, 1.165) is 5.56 Å². The van der Waals surface area contributed by atoms with Gasteiger partial charge in [0.05, 0.1) is 6.57 Å². The molecule has 1 aromatic carbocycles. The molecule has 2 aromatic rings. The molecule has 62 valence electrons. The van der Waals surface area contributed by atoms with E-state index in [9.17, 15) is 0 Å². The Kier molecular flexibility index (Phi) is 1.81. The van der Waals surface area contributed by atoms with E-state index in [2.05, 4.69) is 10.0 Å². The minimum absolute atomic E-state index is 0.221. The monoisotopic (exact) mass is 170 g/mol. The van der Waals surface area contributed by atoms with Gasteiger partial charge in [0, 0.05) is 11.6 Å². The molecule has 0 saturated heterocycles. The highest BCUT2D eigenvalue weighted by Gasteiger charge is 2.03. The number of hydrogen-bond donors (Lipinski definition) is 0. The summed E-state index contributed by atoms with van der Waals surface area (Å²) in [7, 11) is 0. The number of aromatic nitrogens is 1. The lowest BCUT2D eigenvalue weighted by Gasteiger charge is -1.91. The highest BCUT2D eigenvalue weighted by molar-refractivity contribution is 5.61. The first-order valence-electron chi connectivity index (χ1n) is 3.80. The number of nitrogens with zero attached hydrogens (tertiary/aromatic N) is 2. The third kappa shape index (κ3) is 1.42. The molecule has 0 N–H and O–H groups in total. The van der Waals surface area contributed by atoms with Crippen LogP contribution in [0.4, 0.5) is 5.88 Å². The first-order valence-corrected chi connectivity index (χ1v) is 3.80. The lowest BCUT2D eigenvalue weighted by molar-refractivity contribution is 0.442. The number of benzene rings is 1. The van der Waals surface area contributed by atoms with Gasteiger partial charge in [-0.25, -0.2) is 0 Å². The van der Waals surface area contributed by atoms with E-state index in [0.29, 0.717) is 5.69 Å². The van der Waals surface area contributed by atoms with Gasteiger partial charge in [-0.15, -0.1) is 0 Å². The van der Waals surface area contributed by atoms with E-state index in [1.165, 1.54) is 0 Å². The van der Waals surface area contributed by atoms with Gasteiger partial charge in [0.2, 0.25) is 0 Å². The summed E-state index contributed by atoms with van der Waals surface area (Å²) < 4.78 is 4.76.